The zero-order valence-corrected chi connectivity index (χ0v) is 11.5. The number of nitro groups is 1. The van der Waals surface area contributed by atoms with Crippen molar-refractivity contribution in [1.29, 1.82) is 0 Å². The number of anilines is 2. The normalized spacial score (nSPS) is 19.2. The molecule has 0 spiro atoms. The Bertz CT molecular complexity index is 503. The third-order valence-corrected chi connectivity index (χ3v) is 3.71. The number of nitrogens with two attached hydrogens (primary N) is 1. The van der Waals surface area contributed by atoms with E-state index in [2.05, 4.69) is 23.8 Å². The van der Waals surface area contributed by atoms with Gasteiger partial charge in [0.1, 0.15) is 5.69 Å². The second kappa shape index (κ2) is 4.99. The lowest BCUT2D eigenvalue weighted by Gasteiger charge is -2.19. The second-order valence-corrected chi connectivity index (χ2v) is 5.34. The molecule has 2 heterocycles. The SMILES string of the molecule is Cc1nc(N)nc(N2CCC(C(C)C)C2)c1[N+](=O)[O-]. The van der Waals surface area contributed by atoms with Crippen LogP contribution in [0, 0.1) is 28.9 Å². The lowest BCUT2D eigenvalue weighted by molar-refractivity contribution is -0.385. The van der Waals surface area contributed by atoms with Crippen molar-refractivity contribution in [3.05, 3.63) is 15.8 Å². The molecule has 0 saturated carbocycles. The molecule has 0 radical (unpaired) electrons. The molecular weight excluding hydrogens is 246 g/mol. The maximum absolute atomic E-state index is 11.2. The molecule has 1 aromatic heterocycles. The first-order valence-electron chi connectivity index (χ1n) is 6.43. The van der Waals surface area contributed by atoms with Gasteiger partial charge in [0.25, 0.3) is 0 Å². The largest absolute Gasteiger partial charge is 0.368 e. The van der Waals surface area contributed by atoms with Crippen LogP contribution >= 0.6 is 0 Å². The third kappa shape index (κ3) is 2.59. The molecule has 2 N–H and O–H groups in total. The minimum Gasteiger partial charge on any atom is -0.368 e. The fourth-order valence-corrected chi connectivity index (χ4v) is 2.53. The minimum atomic E-state index is -0.424. The van der Waals surface area contributed by atoms with Crippen molar-refractivity contribution in [3.8, 4) is 0 Å². The van der Waals surface area contributed by atoms with E-state index in [4.69, 9.17) is 5.73 Å². The summed E-state index contributed by atoms with van der Waals surface area (Å²) in [5.41, 5.74) is 5.91. The Morgan fingerprint density at radius 2 is 2.16 bits per heavy atom. The molecule has 0 aliphatic carbocycles. The van der Waals surface area contributed by atoms with Gasteiger partial charge >= 0.3 is 5.69 Å². The van der Waals surface area contributed by atoms with Crippen molar-refractivity contribution in [3.63, 3.8) is 0 Å². The van der Waals surface area contributed by atoms with E-state index < -0.39 is 4.92 Å². The van der Waals surface area contributed by atoms with Crippen molar-refractivity contribution in [2.24, 2.45) is 11.8 Å². The van der Waals surface area contributed by atoms with E-state index in [1.165, 1.54) is 0 Å². The van der Waals surface area contributed by atoms with Crippen LogP contribution in [0.5, 0.6) is 0 Å². The van der Waals surface area contributed by atoms with Crippen LogP contribution in [-0.2, 0) is 0 Å². The summed E-state index contributed by atoms with van der Waals surface area (Å²) < 4.78 is 0. The summed E-state index contributed by atoms with van der Waals surface area (Å²) in [6.07, 6.45) is 1.03. The lowest BCUT2D eigenvalue weighted by atomic mass is 9.95. The Balaban J connectivity index is 2.37. The highest BCUT2D eigenvalue weighted by molar-refractivity contribution is 5.62. The van der Waals surface area contributed by atoms with Gasteiger partial charge in [0.05, 0.1) is 4.92 Å². The topological polar surface area (TPSA) is 98.2 Å². The van der Waals surface area contributed by atoms with Crippen LogP contribution in [0.1, 0.15) is 26.0 Å². The fourth-order valence-electron chi connectivity index (χ4n) is 2.53. The number of hydrogen-bond donors (Lipinski definition) is 1. The van der Waals surface area contributed by atoms with E-state index in [0.717, 1.165) is 19.5 Å². The Morgan fingerprint density at radius 1 is 1.47 bits per heavy atom. The number of nitrogen functional groups attached to an aromatic ring is 1. The first kappa shape index (κ1) is 13.5. The van der Waals surface area contributed by atoms with E-state index in [9.17, 15) is 10.1 Å². The van der Waals surface area contributed by atoms with Crippen molar-refractivity contribution in [2.75, 3.05) is 23.7 Å². The number of aryl methyl sites for hydroxylation is 1. The molecule has 1 fully saturated rings. The number of nitrogens with zero attached hydrogens (tertiary/aromatic N) is 4. The van der Waals surface area contributed by atoms with E-state index in [-0.39, 0.29) is 11.6 Å². The zero-order valence-electron chi connectivity index (χ0n) is 11.5. The standard InChI is InChI=1S/C12H19N5O2/c1-7(2)9-4-5-16(6-9)11-10(17(18)19)8(3)14-12(13)15-11/h7,9H,4-6H2,1-3H3,(H2,13,14,15). The van der Waals surface area contributed by atoms with Crippen LogP contribution in [-0.4, -0.2) is 28.0 Å². The summed E-state index contributed by atoms with van der Waals surface area (Å²) in [6.45, 7) is 7.49. The van der Waals surface area contributed by atoms with Crippen LogP contribution in [0.15, 0.2) is 0 Å². The van der Waals surface area contributed by atoms with Crippen molar-refractivity contribution < 1.29 is 4.92 Å². The predicted octanol–water partition coefficient (Wildman–Crippen LogP) is 1.76. The van der Waals surface area contributed by atoms with Gasteiger partial charge in [-0.3, -0.25) is 10.1 Å². The fraction of sp³-hybridized carbons (Fsp3) is 0.667. The highest BCUT2D eigenvalue weighted by Gasteiger charge is 2.32. The summed E-state index contributed by atoms with van der Waals surface area (Å²) in [5, 5.41) is 11.2. The summed E-state index contributed by atoms with van der Waals surface area (Å²) in [6, 6.07) is 0. The molecule has 0 aromatic carbocycles. The molecule has 1 saturated heterocycles. The van der Waals surface area contributed by atoms with Crippen molar-refractivity contribution in [1.82, 2.24) is 9.97 Å². The maximum Gasteiger partial charge on any atom is 0.332 e. The van der Waals surface area contributed by atoms with Gasteiger partial charge < -0.3 is 10.6 Å². The Hall–Kier alpha value is -1.92. The monoisotopic (exact) mass is 265 g/mol. The van der Waals surface area contributed by atoms with Crippen molar-refractivity contribution in [2.45, 2.75) is 27.2 Å². The molecule has 7 nitrogen and oxygen atoms in total. The lowest BCUT2D eigenvalue weighted by Crippen LogP contribution is -2.24. The highest BCUT2D eigenvalue weighted by Crippen LogP contribution is 2.34. The minimum absolute atomic E-state index is 0.0291. The summed E-state index contributed by atoms with van der Waals surface area (Å²) >= 11 is 0. The summed E-state index contributed by atoms with van der Waals surface area (Å²) in [5.74, 6) is 1.55. The first-order chi connectivity index (χ1) is 8.90. The van der Waals surface area contributed by atoms with Crippen LogP contribution in [0.25, 0.3) is 0 Å². The van der Waals surface area contributed by atoms with E-state index in [1.54, 1.807) is 6.92 Å². The van der Waals surface area contributed by atoms with Crippen LogP contribution in [0.4, 0.5) is 17.5 Å². The smallest absolute Gasteiger partial charge is 0.332 e. The van der Waals surface area contributed by atoms with Gasteiger partial charge in [0.2, 0.25) is 11.8 Å². The Kier molecular flexibility index (Phi) is 3.55. The molecule has 1 aliphatic heterocycles. The molecule has 0 bridgehead atoms. The van der Waals surface area contributed by atoms with Gasteiger partial charge in [0.15, 0.2) is 0 Å². The molecule has 1 atom stereocenters. The summed E-state index contributed by atoms with van der Waals surface area (Å²) in [4.78, 5) is 20.7. The average molecular weight is 265 g/mol. The molecule has 1 aromatic rings. The number of aromatic nitrogens is 2. The van der Waals surface area contributed by atoms with Gasteiger partial charge in [-0.1, -0.05) is 13.8 Å². The van der Waals surface area contributed by atoms with Gasteiger partial charge in [-0.15, -0.1) is 0 Å². The molecule has 104 valence electrons. The predicted molar refractivity (Wildman–Crippen MR) is 73.0 cm³/mol. The van der Waals surface area contributed by atoms with Crippen LogP contribution < -0.4 is 10.6 Å². The van der Waals surface area contributed by atoms with Gasteiger partial charge in [-0.25, -0.2) is 4.98 Å². The molecule has 7 heteroatoms. The van der Waals surface area contributed by atoms with Gasteiger partial charge in [-0.05, 0) is 25.2 Å². The van der Waals surface area contributed by atoms with Crippen molar-refractivity contribution >= 4 is 17.5 Å². The van der Waals surface area contributed by atoms with E-state index in [0.29, 0.717) is 23.3 Å². The molecule has 1 aliphatic rings. The van der Waals surface area contributed by atoms with Gasteiger partial charge in [0, 0.05) is 13.1 Å². The third-order valence-electron chi connectivity index (χ3n) is 3.71. The summed E-state index contributed by atoms with van der Waals surface area (Å²) in [7, 11) is 0. The number of rotatable bonds is 3. The quantitative estimate of drug-likeness (QED) is 0.660. The van der Waals surface area contributed by atoms with Crippen LogP contribution in [0.2, 0.25) is 0 Å². The van der Waals surface area contributed by atoms with E-state index >= 15 is 0 Å². The molecule has 1 unspecified atom stereocenters. The average Bonchev–Trinajstić information content (AvgIpc) is 2.76. The second-order valence-electron chi connectivity index (χ2n) is 5.34. The highest BCUT2D eigenvalue weighted by atomic mass is 16.6. The Morgan fingerprint density at radius 3 is 2.68 bits per heavy atom. The molecule has 2 rings (SSSR count). The van der Waals surface area contributed by atoms with Gasteiger partial charge in [-0.2, -0.15) is 4.98 Å². The molecule has 19 heavy (non-hydrogen) atoms. The molecule has 0 amide bonds. The zero-order chi connectivity index (χ0) is 14.2. The first-order valence-corrected chi connectivity index (χ1v) is 6.43. The maximum atomic E-state index is 11.2. The Labute approximate surface area is 112 Å². The number of hydrogen-bond acceptors (Lipinski definition) is 6. The van der Waals surface area contributed by atoms with E-state index in [1.807, 2.05) is 4.90 Å². The van der Waals surface area contributed by atoms with Crippen LogP contribution in [0.3, 0.4) is 0 Å². The molecular formula is C12H19N5O2.